The third-order valence-corrected chi connectivity index (χ3v) is 4.76. The molecule has 3 aromatic heterocycles. The number of aromatic nitrogens is 5. The summed E-state index contributed by atoms with van der Waals surface area (Å²) < 4.78 is 40.2. The predicted molar refractivity (Wildman–Crippen MR) is 91.4 cm³/mol. The Kier molecular flexibility index (Phi) is 4.36. The summed E-state index contributed by atoms with van der Waals surface area (Å²) in [6.45, 7) is 0.0764. The third kappa shape index (κ3) is 3.35. The van der Waals surface area contributed by atoms with Crippen molar-refractivity contribution in [3.05, 3.63) is 52.0 Å². The highest BCUT2D eigenvalue weighted by Gasteiger charge is 2.42. The second-order valence-corrected chi connectivity index (χ2v) is 6.55. The van der Waals surface area contributed by atoms with Crippen LogP contribution in [0, 0.1) is 5.92 Å². The summed E-state index contributed by atoms with van der Waals surface area (Å²) >= 11 is 0. The summed E-state index contributed by atoms with van der Waals surface area (Å²) in [5, 5.41) is 10.9. The number of amides is 1. The normalized spacial score (nSPS) is 16.8. The lowest BCUT2D eigenvalue weighted by molar-refractivity contribution is -0.179. The molecule has 1 atom stereocenters. The lowest BCUT2D eigenvalue weighted by atomic mass is 9.97. The highest BCUT2D eigenvalue weighted by molar-refractivity contribution is 5.96. The molecule has 11 heteroatoms. The van der Waals surface area contributed by atoms with Crippen molar-refractivity contribution in [3.63, 3.8) is 0 Å². The molecule has 2 N–H and O–H groups in total. The van der Waals surface area contributed by atoms with Crippen LogP contribution < -0.4 is 10.9 Å². The molecule has 1 aliphatic heterocycles. The molecule has 4 heterocycles. The summed E-state index contributed by atoms with van der Waals surface area (Å²) in [5.41, 5.74) is -0.300. The maximum Gasteiger partial charge on any atom is 0.392 e. The lowest BCUT2D eigenvalue weighted by Crippen LogP contribution is -2.33. The van der Waals surface area contributed by atoms with Gasteiger partial charge in [0.05, 0.1) is 12.5 Å². The summed E-state index contributed by atoms with van der Waals surface area (Å²) in [5.74, 6) is -1.46. The maximum absolute atomic E-state index is 12.9. The Morgan fingerprint density at radius 3 is 2.96 bits per heavy atom. The molecule has 1 amide bonds. The Balaban J connectivity index is 1.49. The first-order valence-electron chi connectivity index (χ1n) is 8.57. The van der Waals surface area contributed by atoms with Gasteiger partial charge in [0.25, 0.3) is 11.5 Å². The molecule has 28 heavy (non-hydrogen) atoms. The average molecular weight is 392 g/mol. The Hall–Kier alpha value is -3.24. The first-order chi connectivity index (χ1) is 13.3. The minimum absolute atomic E-state index is 0.0486. The molecule has 146 valence electrons. The fraction of sp³-hybridized carbons (Fsp3) is 0.353. The Labute approximate surface area is 155 Å². The number of carbonyl (C=O) groups excluding carboxylic acids is 1. The number of fused-ring (bicyclic) bond motifs is 2. The third-order valence-electron chi connectivity index (χ3n) is 4.76. The van der Waals surface area contributed by atoms with E-state index >= 15 is 0 Å². The van der Waals surface area contributed by atoms with E-state index in [0.29, 0.717) is 16.9 Å². The number of pyridine rings is 2. The molecule has 8 nitrogen and oxygen atoms in total. The van der Waals surface area contributed by atoms with Crippen molar-refractivity contribution >= 4 is 16.9 Å². The molecular formula is C17H15F3N6O2. The van der Waals surface area contributed by atoms with Gasteiger partial charge in [0.1, 0.15) is 17.0 Å². The van der Waals surface area contributed by atoms with Crippen LogP contribution in [0.25, 0.3) is 11.0 Å². The second kappa shape index (κ2) is 6.73. The number of nitrogens with one attached hydrogen (secondary N) is 2. The van der Waals surface area contributed by atoms with Crippen LogP contribution in [0.5, 0.6) is 0 Å². The smallest absolute Gasteiger partial charge is 0.345 e. The van der Waals surface area contributed by atoms with Crippen molar-refractivity contribution in [2.45, 2.75) is 32.1 Å². The minimum Gasteiger partial charge on any atom is -0.345 e. The largest absolute Gasteiger partial charge is 0.392 e. The van der Waals surface area contributed by atoms with E-state index in [0.717, 1.165) is 0 Å². The van der Waals surface area contributed by atoms with Crippen molar-refractivity contribution in [2.24, 2.45) is 5.92 Å². The Morgan fingerprint density at radius 1 is 1.36 bits per heavy atom. The van der Waals surface area contributed by atoms with Gasteiger partial charge in [-0.15, -0.1) is 10.2 Å². The Morgan fingerprint density at radius 2 is 2.18 bits per heavy atom. The number of halogens is 3. The quantitative estimate of drug-likeness (QED) is 0.704. The molecule has 0 saturated heterocycles. The first kappa shape index (κ1) is 18.1. The minimum atomic E-state index is -4.27. The molecular weight excluding hydrogens is 377 g/mol. The second-order valence-electron chi connectivity index (χ2n) is 6.55. The lowest BCUT2D eigenvalue weighted by Gasteiger charge is -2.25. The van der Waals surface area contributed by atoms with Gasteiger partial charge in [-0.25, -0.2) is 4.98 Å². The zero-order chi connectivity index (χ0) is 19.9. The van der Waals surface area contributed by atoms with Crippen LogP contribution in [0.15, 0.2) is 29.2 Å². The van der Waals surface area contributed by atoms with Gasteiger partial charge in [0.15, 0.2) is 5.82 Å². The van der Waals surface area contributed by atoms with Crippen molar-refractivity contribution in [2.75, 3.05) is 0 Å². The summed E-state index contributed by atoms with van der Waals surface area (Å²) in [6, 6.07) is 4.82. The first-order valence-corrected chi connectivity index (χ1v) is 8.57. The predicted octanol–water partition coefficient (Wildman–Crippen LogP) is 1.57. The van der Waals surface area contributed by atoms with E-state index in [4.69, 9.17) is 0 Å². The maximum atomic E-state index is 12.9. The zero-order valence-corrected chi connectivity index (χ0v) is 14.5. The molecule has 0 fully saturated rings. The zero-order valence-electron chi connectivity index (χ0n) is 14.5. The number of H-pyrrole nitrogens is 1. The standard InChI is InChI=1S/C17H15F3N6O2/c18-17(19,20)10-3-5-26-12(7-10)24-25-13(26)8-22-15(27)11-6-9-2-1-4-21-14(9)23-16(11)28/h1-2,4,6,10H,3,5,7-8H2,(H,22,27)(H,21,23,28). The van der Waals surface area contributed by atoms with E-state index in [1.807, 2.05) is 0 Å². The van der Waals surface area contributed by atoms with Crippen LogP contribution in [0.4, 0.5) is 13.2 Å². The van der Waals surface area contributed by atoms with Gasteiger partial charge in [-0.2, -0.15) is 13.2 Å². The SMILES string of the molecule is O=C(NCc1nnc2n1CCC(C(F)(F)F)C2)c1cc2cccnc2[nH]c1=O. The van der Waals surface area contributed by atoms with Gasteiger partial charge in [-0.05, 0) is 24.6 Å². The molecule has 3 aromatic rings. The topological polar surface area (TPSA) is 106 Å². The van der Waals surface area contributed by atoms with E-state index in [9.17, 15) is 22.8 Å². The molecule has 0 aromatic carbocycles. The number of alkyl halides is 3. The molecule has 0 saturated carbocycles. The number of carbonyl (C=O) groups is 1. The van der Waals surface area contributed by atoms with Crippen LogP contribution in [-0.2, 0) is 19.5 Å². The fourth-order valence-corrected chi connectivity index (χ4v) is 3.26. The Bertz CT molecular complexity index is 1100. The highest BCUT2D eigenvalue weighted by Crippen LogP contribution is 2.34. The average Bonchev–Trinajstić information content (AvgIpc) is 3.07. The van der Waals surface area contributed by atoms with Crippen molar-refractivity contribution < 1.29 is 18.0 Å². The molecule has 1 aliphatic rings. The number of rotatable bonds is 3. The van der Waals surface area contributed by atoms with Gasteiger partial charge in [0, 0.05) is 24.5 Å². The summed E-state index contributed by atoms with van der Waals surface area (Å²) in [6.07, 6.45) is -3.04. The highest BCUT2D eigenvalue weighted by atomic mass is 19.4. The van der Waals surface area contributed by atoms with Crippen LogP contribution in [0.1, 0.15) is 28.4 Å². The number of hydrogen-bond acceptors (Lipinski definition) is 5. The molecule has 4 rings (SSSR count). The number of aromatic amines is 1. The van der Waals surface area contributed by atoms with Crippen LogP contribution >= 0.6 is 0 Å². The monoisotopic (exact) mass is 392 g/mol. The van der Waals surface area contributed by atoms with Crippen molar-refractivity contribution in [1.29, 1.82) is 0 Å². The van der Waals surface area contributed by atoms with Gasteiger partial charge in [-0.3, -0.25) is 9.59 Å². The molecule has 0 radical (unpaired) electrons. The van der Waals surface area contributed by atoms with Gasteiger partial charge < -0.3 is 14.9 Å². The van der Waals surface area contributed by atoms with Gasteiger partial charge in [-0.1, -0.05) is 0 Å². The summed E-state index contributed by atoms with van der Waals surface area (Å²) in [7, 11) is 0. The van der Waals surface area contributed by atoms with E-state index in [-0.39, 0.29) is 37.3 Å². The fourth-order valence-electron chi connectivity index (χ4n) is 3.26. The molecule has 0 bridgehead atoms. The van der Waals surface area contributed by atoms with Gasteiger partial charge >= 0.3 is 6.18 Å². The molecule has 0 aliphatic carbocycles. The van der Waals surface area contributed by atoms with E-state index in [1.165, 1.54) is 12.3 Å². The van der Waals surface area contributed by atoms with Crippen LogP contribution in [0.3, 0.4) is 0 Å². The van der Waals surface area contributed by atoms with Crippen molar-refractivity contribution in [3.8, 4) is 0 Å². The number of nitrogens with zero attached hydrogens (tertiary/aromatic N) is 4. The van der Waals surface area contributed by atoms with Gasteiger partial charge in [0.2, 0.25) is 0 Å². The number of hydrogen-bond donors (Lipinski definition) is 2. The van der Waals surface area contributed by atoms with E-state index in [2.05, 4.69) is 25.5 Å². The van der Waals surface area contributed by atoms with E-state index in [1.54, 1.807) is 16.7 Å². The van der Waals surface area contributed by atoms with Crippen LogP contribution in [-0.4, -0.2) is 36.8 Å². The van der Waals surface area contributed by atoms with Crippen LogP contribution in [0.2, 0.25) is 0 Å². The summed E-state index contributed by atoms with van der Waals surface area (Å²) in [4.78, 5) is 31.0. The molecule has 0 spiro atoms. The van der Waals surface area contributed by atoms with Crippen molar-refractivity contribution in [1.82, 2.24) is 30.0 Å². The molecule has 1 unspecified atom stereocenters. The van der Waals surface area contributed by atoms with E-state index < -0.39 is 23.6 Å².